The Bertz CT molecular complexity index is 1190. The van der Waals surface area contributed by atoms with Gasteiger partial charge in [0.05, 0.1) is 18.3 Å². The van der Waals surface area contributed by atoms with Crippen molar-refractivity contribution in [3.63, 3.8) is 0 Å². The van der Waals surface area contributed by atoms with Crippen molar-refractivity contribution in [1.29, 1.82) is 0 Å². The first-order chi connectivity index (χ1) is 16.1. The van der Waals surface area contributed by atoms with E-state index < -0.39 is 5.97 Å². The van der Waals surface area contributed by atoms with Gasteiger partial charge < -0.3 is 30.0 Å². The van der Waals surface area contributed by atoms with Crippen molar-refractivity contribution in [1.82, 2.24) is 4.98 Å². The van der Waals surface area contributed by atoms with E-state index in [2.05, 4.69) is 34.7 Å². The fourth-order valence-electron chi connectivity index (χ4n) is 4.55. The summed E-state index contributed by atoms with van der Waals surface area (Å²) < 4.78 is 11.8. The molecule has 0 radical (unpaired) electrons. The van der Waals surface area contributed by atoms with Gasteiger partial charge >= 0.3 is 29.6 Å². The van der Waals surface area contributed by atoms with Crippen molar-refractivity contribution in [2.75, 3.05) is 23.8 Å². The molecule has 0 unspecified atom stereocenters. The first-order valence-electron chi connectivity index (χ1n) is 11.3. The number of hydrogen-bond acceptors (Lipinski definition) is 7. The molecule has 2 aliphatic rings. The summed E-state index contributed by atoms with van der Waals surface area (Å²) in [5.41, 5.74) is 4.97. The van der Waals surface area contributed by atoms with Crippen LogP contribution in [-0.4, -0.2) is 24.2 Å². The summed E-state index contributed by atoms with van der Waals surface area (Å²) in [6.45, 7) is 3.03. The van der Waals surface area contributed by atoms with Crippen LogP contribution in [0, 0.1) is 0 Å². The summed E-state index contributed by atoms with van der Waals surface area (Å²) in [6, 6.07) is 16.0. The predicted molar refractivity (Wildman–Crippen MR) is 124 cm³/mol. The van der Waals surface area contributed by atoms with Gasteiger partial charge in [-0.05, 0) is 36.6 Å². The number of rotatable bonds is 8. The third-order valence-corrected chi connectivity index (χ3v) is 6.13. The maximum Gasteiger partial charge on any atom is 1.00 e. The number of carboxylic acids is 1. The molecule has 1 aromatic heterocycles. The van der Waals surface area contributed by atoms with Gasteiger partial charge in [-0.1, -0.05) is 37.6 Å². The zero-order chi connectivity index (χ0) is 22.8. The number of benzene rings is 2. The third kappa shape index (κ3) is 5.02. The normalized spacial score (nSPS) is 17.6. The standard InChI is InChI=1S/C26H27N3O4.Na/c1-2-5-16-6-4-11-27-26(16)29-21-8-3-7-20-22(15-33-25(20)21)28-18-9-10-19-17(12-24(30)31)14-32-23(19)13-18;/h3-4,6-11,13,17,22,28H,2,5,12,14-15H2,1H3,(H,27,29)(H,30,31);/q;+1/p-1/t17-,22-;/m1./s1. The number of pyridine rings is 1. The quantitative estimate of drug-likeness (QED) is 0.476. The molecule has 34 heavy (non-hydrogen) atoms. The van der Waals surface area contributed by atoms with Gasteiger partial charge in [-0.15, -0.1) is 0 Å². The monoisotopic (exact) mass is 467 g/mol. The van der Waals surface area contributed by atoms with E-state index in [0.29, 0.717) is 13.2 Å². The second-order valence-corrected chi connectivity index (χ2v) is 8.45. The average molecular weight is 468 g/mol. The second-order valence-electron chi connectivity index (χ2n) is 8.45. The minimum absolute atomic E-state index is 0. The zero-order valence-electron chi connectivity index (χ0n) is 19.5. The van der Waals surface area contributed by atoms with Crippen molar-refractivity contribution in [3.05, 3.63) is 71.4 Å². The summed E-state index contributed by atoms with van der Waals surface area (Å²) in [5, 5.41) is 18.0. The fraction of sp³-hybridized carbons (Fsp3) is 0.308. The van der Waals surface area contributed by atoms with Crippen molar-refractivity contribution >= 4 is 23.2 Å². The molecule has 3 aromatic rings. The van der Waals surface area contributed by atoms with Gasteiger partial charge in [0, 0.05) is 41.0 Å². The van der Waals surface area contributed by atoms with Gasteiger partial charge in [0.1, 0.15) is 23.9 Å². The van der Waals surface area contributed by atoms with E-state index in [4.69, 9.17) is 9.47 Å². The van der Waals surface area contributed by atoms with Crippen molar-refractivity contribution in [3.8, 4) is 11.5 Å². The van der Waals surface area contributed by atoms with Crippen LogP contribution in [0.5, 0.6) is 11.5 Å². The SMILES string of the molecule is CCCc1cccnc1Nc1cccc2c1OC[C@H]2Nc1ccc2c(c1)OC[C@H]2CC(=O)[O-].[Na+]. The maximum absolute atomic E-state index is 11.0. The van der Waals surface area contributed by atoms with Gasteiger partial charge in [0.2, 0.25) is 0 Å². The Kier molecular flexibility index (Phi) is 7.66. The van der Waals surface area contributed by atoms with Crippen molar-refractivity contribution < 1.29 is 48.9 Å². The largest absolute Gasteiger partial charge is 1.00 e. The van der Waals surface area contributed by atoms with Gasteiger partial charge in [0.25, 0.3) is 0 Å². The molecule has 2 aromatic carbocycles. The maximum atomic E-state index is 11.0. The van der Waals surface area contributed by atoms with Crippen molar-refractivity contribution in [2.45, 2.75) is 38.1 Å². The molecule has 2 N–H and O–H groups in total. The molecule has 3 heterocycles. The molecule has 0 amide bonds. The molecule has 7 nitrogen and oxygen atoms in total. The number of nitrogens with one attached hydrogen (secondary N) is 2. The summed E-state index contributed by atoms with van der Waals surface area (Å²) in [7, 11) is 0. The molecule has 2 aliphatic heterocycles. The zero-order valence-corrected chi connectivity index (χ0v) is 21.5. The van der Waals surface area contributed by atoms with Gasteiger partial charge in [-0.2, -0.15) is 0 Å². The van der Waals surface area contributed by atoms with E-state index in [0.717, 1.165) is 52.7 Å². The first-order valence-corrected chi connectivity index (χ1v) is 11.3. The van der Waals surface area contributed by atoms with E-state index in [1.54, 1.807) is 6.20 Å². The Morgan fingerprint density at radius 3 is 2.82 bits per heavy atom. The molecule has 0 aliphatic carbocycles. The molecule has 170 valence electrons. The minimum Gasteiger partial charge on any atom is -0.550 e. The number of carboxylic acid groups (broad SMARTS) is 1. The van der Waals surface area contributed by atoms with Crippen LogP contribution in [-0.2, 0) is 11.2 Å². The number of carbonyl (C=O) groups excluding carboxylic acids is 1. The number of carbonyl (C=O) groups is 1. The number of aromatic nitrogens is 1. The molecule has 0 fully saturated rings. The molecule has 0 saturated heterocycles. The Hall–Kier alpha value is -2.74. The van der Waals surface area contributed by atoms with Crippen molar-refractivity contribution in [2.24, 2.45) is 0 Å². The van der Waals surface area contributed by atoms with Crippen LogP contribution in [0.15, 0.2) is 54.7 Å². The van der Waals surface area contributed by atoms with E-state index in [9.17, 15) is 9.90 Å². The summed E-state index contributed by atoms with van der Waals surface area (Å²) >= 11 is 0. The Balaban J connectivity index is 0.00000274. The van der Waals surface area contributed by atoms with Gasteiger partial charge in [0.15, 0.2) is 0 Å². The molecule has 0 bridgehead atoms. The molecule has 8 heteroatoms. The number of ether oxygens (including phenoxy) is 2. The van der Waals surface area contributed by atoms with E-state index >= 15 is 0 Å². The first kappa shape index (κ1) is 24.4. The Labute approximate surface area is 221 Å². The summed E-state index contributed by atoms with van der Waals surface area (Å²) in [6.07, 6.45) is 3.77. The Morgan fingerprint density at radius 1 is 1.12 bits per heavy atom. The van der Waals surface area contributed by atoms with Crippen LogP contribution in [0.1, 0.15) is 48.4 Å². The van der Waals surface area contributed by atoms with Gasteiger partial charge in [-0.3, -0.25) is 0 Å². The number of fused-ring (bicyclic) bond motifs is 2. The van der Waals surface area contributed by atoms with Crippen LogP contribution in [0.25, 0.3) is 0 Å². The van der Waals surface area contributed by atoms with Crippen LogP contribution in [0.3, 0.4) is 0 Å². The minimum atomic E-state index is -1.06. The number of hydrogen-bond donors (Lipinski definition) is 2. The molecular formula is C26H26N3NaO4. The number of anilines is 3. The molecule has 0 spiro atoms. The van der Waals surface area contributed by atoms with Crippen LogP contribution in [0.2, 0.25) is 0 Å². The number of aryl methyl sites for hydroxylation is 1. The van der Waals surface area contributed by atoms with E-state index in [1.807, 2.05) is 36.4 Å². The fourth-order valence-corrected chi connectivity index (χ4v) is 4.55. The smallest absolute Gasteiger partial charge is 0.550 e. The number of aliphatic carboxylic acids is 1. The van der Waals surface area contributed by atoms with E-state index in [1.165, 1.54) is 5.56 Å². The van der Waals surface area contributed by atoms with E-state index in [-0.39, 0.29) is 47.9 Å². The van der Waals surface area contributed by atoms with Crippen LogP contribution < -0.4 is 54.8 Å². The molecule has 2 atom stereocenters. The van der Waals surface area contributed by atoms with Crippen LogP contribution in [0.4, 0.5) is 17.2 Å². The summed E-state index contributed by atoms with van der Waals surface area (Å²) in [4.78, 5) is 15.5. The number of para-hydroxylation sites is 1. The predicted octanol–water partition coefficient (Wildman–Crippen LogP) is 0.943. The second kappa shape index (κ2) is 10.7. The third-order valence-electron chi connectivity index (χ3n) is 6.13. The average Bonchev–Trinajstić information content (AvgIpc) is 3.40. The van der Waals surface area contributed by atoms with Crippen LogP contribution >= 0.6 is 0 Å². The summed E-state index contributed by atoms with van der Waals surface area (Å²) in [5.74, 6) is 1.19. The molecular weight excluding hydrogens is 441 g/mol. The Morgan fingerprint density at radius 2 is 2.00 bits per heavy atom. The topological polar surface area (TPSA) is 95.5 Å². The molecule has 0 saturated carbocycles. The number of nitrogens with zero attached hydrogens (tertiary/aromatic N) is 1. The molecule has 5 rings (SSSR count). The van der Waals surface area contributed by atoms with Gasteiger partial charge in [-0.25, -0.2) is 4.98 Å².